The van der Waals surface area contributed by atoms with E-state index < -0.39 is 0 Å². The van der Waals surface area contributed by atoms with Gasteiger partial charge in [-0.05, 0) is 17.7 Å². The molecule has 0 unspecified atom stereocenters. The Balaban J connectivity index is 2.10. The van der Waals surface area contributed by atoms with E-state index in [1.807, 2.05) is 0 Å². The molecule has 0 bridgehead atoms. The Bertz CT molecular complexity index is 647. The van der Waals surface area contributed by atoms with Gasteiger partial charge in [0.05, 0.1) is 21.3 Å². The standard InChI is InChI=1S/C16H21N3O5/c1-19-14(20)6-5-11(18-19)16(21)17-9-10-7-12(22-2)15(24-4)13(8-10)23-3/h7-8H,5-6,9H2,1-4H3,(H,17,21). The minimum atomic E-state index is -0.303. The van der Waals surface area contributed by atoms with Crippen molar-refractivity contribution in [3.8, 4) is 17.2 Å². The smallest absolute Gasteiger partial charge is 0.267 e. The maximum absolute atomic E-state index is 12.2. The molecule has 1 aliphatic rings. The summed E-state index contributed by atoms with van der Waals surface area (Å²) in [5.74, 6) is 1.12. The molecule has 1 heterocycles. The fourth-order valence-electron chi connectivity index (χ4n) is 2.35. The molecule has 1 aromatic rings. The van der Waals surface area contributed by atoms with E-state index in [4.69, 9.17) is 14.2 Å². The number of hydrogen-bond acceptors (Lipinski definition) is 6. The number of nitrogens with one attached hydrogen (secondary N) is 1. The first-order valence-corrected chi connectivity index (χ1v) is 7.41. The Morgan fingerprint density at radius 3 is 2.29 bits per heavy atom. The highest BCUT2D eigenvalue weighted by Gasteiger charge is 2.22. The summed E-state index contributed by atoms with van der Waals surface area (Å²) in [6.45, 7) is 0.270. The molecule has 2 rings (SSSR count). The maximum atomic E-state index is 12.2. The number of methoxy groups -OCH3 is 3. The van der Waals surface area contributed by atoms with Crippen molar-refractivity contribution in [2.75, 3.05) is 28.4 Å². The van der Waals surface area contributed by atoms with Gasteiger partial charge in [-0.2, -0.15) is 5.10 Å². The molecule has 0 saturated heterocycles. The number of ether oxygens (including phenoxy) is 3. The molecular weight excluding hydrogens is 314 g/mol. The van der Waals surface area contributed by atoms with Crippen molar-refractivity contribution < 1.29 is 23.8 Å². The van der Waals surface area contributed by atoms with Crippen molar-refractivity contribution in [2.24, 2.45) is 5.10 Å². The highest BCUT2D eigenvalue weighted by Crippen LogP contribution is 2.38. The molecule has 1 aliphatic heterocycles. The molecule has 8 heteroatoms. The zero-order valence-corrected chi connectivity index (χ0v) is 14.2. The second-order valence-corrected chi connectivity index (χ2v) is 5.18. The van der Waals surface area contributed by atoms with E-state index in [1.165, 1.54) is 33.4 Å². The average Bonchev–Trinajstić information content (AvgIpc) is 2.60. The van der Waals surface area contributed by atoms with Gasteiger partial charge >= 0.3 is 0 Å². The lowest BCUT2D eigenvalue weighted by molar-refractivity contribution is -0.130. The Morgan fingerprint density at radius 1 is 1.17 bits per heavy atom. The third kappa shape index (κ3) is 3.76. The first kappa shape index (κ1) is 17.6. The molecule has 0 spiro atoms. The fourth-order valence-corrected chi connectivity index (χ4v) is 2.35. The van der Waals surface area contributed by atoms with Gasteiger partial charge in [0.15, 0.2) is 11.5 Å². The van der Waals surface area contributed by atoms with Gasteiger partial charge in [0.25, 0.3) is 5.91 Å². The maximum Gasteiger partial charge on any atom is 0.267 e. The van der Waals surface area contributed by atoms with Crippen molar-refractivity contribution in [1.82, 2.24) is 10.3 Å². The highest BCUT2D eigenvalue weighted by molar-refractivity contribution is 6.39. The molecule has 0 fully saturated rings. The topological polar surface area (TPSA) is 89.5 Å². The molecular formula is C16H21N3O5. The molecule has 1 N–H and O–H groups in total. The van der Waals surface area contributed by atoms with Crippen LogP contribution in [0.4, 0.5) is 0 Å². The van der Waals surface area contributed by atoms with Gasteiger partial charge in [0.2, 0.25) is 11.7 Å². The third-order valence-electron chi connectivity index (χ3n) is 3.65. The summed E-state index contributed by atoms with van der Waals surface area (Å²) in [5.41, 5.74) is 1.13. The van der Waals surface area contributed by atoms with Gasteiger partial charge in [-0.25, -0.2) is 5.01 Å². The van der Waals surface area contributed by atoms with Crippen LogP contribution in [0, 0.1) is 0 Å². The first-order valence-electron chi connectivity index (χ1n) is 7.41. The normalized spacial score (nSPS) is 14.1. The van der Waals surface area contributed by atoms with Crippen LogP contribution in [0.5, 0.6) is 17.2 Å². The predicted octanol–water partition coefficient (Wildman–Crippen LogP) is 0.937. The van der Waals surface area contributed by atoms with Crippen molar-refractivity contribution >= 4 is 17.5 Å². The average molecular weight is 335 g/mol. The van der Waals surface area contributed by atoms with Gasteiger partial charge in [0, 0.05) is 26.4 Å². The van der Waals surface area contributed by atoms with E-state index in [1.54, 1.807) is 12.1 Å². The zero-order chi connectivity index (χ0) is 17.7. The molecule has 1 aromatic carbocycles. The molecule has 8 nitrogen and oxygen atoms in total. The lowest BCUT2D eigenvalue weighted by atomic mass is 10.1. The zero-order valence-electron chi connectivity index (χ0n) is 14.2. The van der Waals surface area contributed by atoms with Crippen molar-refractivity contribution in [3.05, 3.63) is 17.7 Å². The lowest BCUT2D eigenvalue weighted by Gasteiger charge is -2.19. The van der Waals surface area contributed by atoms with Gasteiger partial charge < -0.3 is 19.5 Å². The Hall–Kier alpha value is -2.77. The van der Waals surface area contributed by atoms with Crippen LogP contribution in [-0.4, -0.2) is 50.9 Å². The van der Waals surface area contributed by atoms with Crippen LogP contribution in [0.1, 0.15) is 18.4 Å². The summed E-state index contributed by atoms with van der Waals surface area (Å²) in [7, 11) is 6.13. The minimum Gasteiger partial charge on any atom is -0.493 e. The number of carbonyl (C=O) groups is 2. The monoisotopic (exact) mass is 335 g/mol. The van der Waals surface area contributed by atoms with Crippen LogP contribution in [0.2, 0.25) is 0 Å². The summed E-state index contributed by atoms with van der Waals surface area (Å²) in [6.07, 6.45) is 0.622. The first-order chi connectivity index (χ1) is 11.5. The van der Waals surface area contributed by atoms with E-state index >= 15 is 0 Å². The summed E-state index contributed by atoms with van der Waals surface area (Å²) < 4.78 is 15.8. The Labute approximate surface area is 140 Å². The number of hydrazone groups is 1. The van der Waals surface area contributed by atoms with Crippen LogP contribution in [0.15, 0.2) is 17.2 Å². The molecule has 0 aromatic heterocycles. The van der Waals surface area contributed by atoms with E-state index in [0.717, 1.165) is 5.56 Å². The predicted molar refractivity (Wildman–Crippen MR) is 87.4 cm³/mol. The van der Waals surface area contributed by atoms with Crippen molar-refractivity contribution in [3.63, 3.8) is 0 Å². The van der Waals surface area contributed by atoms with Crippen LogP contribution in [0.25, 0.3) is 0 Å². The van der Waals surface area contributed by atoms with E-state index in [9.17, 15) is 9.59 Å². The second-order valence-electron chi connectivity index (χ2n) is 5.18. The summed E-state index contributed by atoms with van der Waals surface area (Å²) >= 11 is 0. The molecule has 24 heavy (non-hydrogen) atoms. The number of benzene rings is 1. The van der Waals surface area contributed by atoms with Crippen molar-refractivity contribution in [1.29, 1.82) is 0 Å². The van der Waals surface area contributed by atoms with Gasteiger partial charge in [-0.3, -0.25) is 9.59 Å². The fraction of sp³-hybridized carbons (Fsp3) is 0.438. The van der Waals surface area contributed by atoms with Crippen LogP contribution in [-0.2, 0) is 16.1 Å². The number of nitrogens with zero attached hydrogens (tertiary/aromatic N) is 2. The molecule has 2 amide bonds. The number of rotatable bonds is 6. The number of amides is 2. The third-order valence-corrected chi connectivity index (χ3v) is 3.65. The van der Waals surface area contributed by atoms with Crippen molar-refractivity contribution in [2.45, 2.75) is 19.4 Å². The summed E-state index contributed by atoms with van der Waals surface area (Å²) in [5, 5.41) is 7.97. The van der Waals surface area contributed by atoms with E-state index in [-0.39, 0.29) is 24.8 Å². The number of carbonyl (C=O) groups excluding carboxylic acids is 2. The quantitative estimate of drug-likeness (QED) is 0.835. The molecule has 0 aliphatic carbocycles. The van der Waals surface area contributed by atoms with Crippen LogP contribution >= 0.6 is 0 Å². The minimum absolute atomic E-state index is 0.101. The molecule has 0 radical (unpaired) electrons. The molecule has 130 valence electrons. The summed E-state index contributed by atoms with van der Waals surface area (Å²) in [4.78, 5) is 23.6. The van der Waals surface area contributed by atoms with Gasteiger partial charge in [-0.1, -0.05) is 0 Å². The molecule has 0 atom stereocenters. The SMILES string of the molecule is COc1cc(CNC(=O)C2=NN(C)C(=O)CC2)cc(OC)c1OC. The highest BCUT2D eigenvalue weighted by atomic mass is 16.5. The van der Waals surface area contributed by atoms with E-state index in [0.29, 0.717) is 29.4 Å². The summed E-state index contributed by atoms with van der Waals surface area (Å²) in [6, 6.07) is 3.53. The van der Waals surface area contributed by atoms with Crippen LogP contribution < -0.4 is 19.5 Å². The second kappa shape index (κ2) is 7.67. The largest absolute Gasteiger partial charge is 0.493 e. The Kier molecular flexibility index (Phi) is 5.62. The van der Waals surface area contributed by atoms with Gasteiger partial charge in [-0.15, -0.1) is 0 Å². The lowest BCUT2D eigenvalue weighted by Crippen LogP contribution is -2.37. The number of hydrogen-bond donors (Lipinski definition) is 1. The van der Waals surface area contributed by atoms with E-state index in [2.05, 4.69) is 10.4 Å². The molecule has 0 saturated carbocycles. The Morgan fingerprint density at radius 2 is 1.79 bits per heavy atom. The van der Waals surface area contributed by atoms with Gasteiger partial charge in [0.1, 0.15) is 5.71 Å². The van der Waals surface area contributed by atoms with Crippen LogP contribution in [0.3, 0.4) is 0 Å².